The highest BCUT2D eigenvalue weighted by molar-refractivity contribution is 5.27. The van der Waals surface area contributed by atoms with Gasteiger partial charge in [0.25, 0.3) is 0 Å². The lowest BCUT2D eigenvalue weighted by molar-refractivity contribution is 0.236. The smallest absolute Gasteiger partial charge is 0.119 e. The Labute approximate surface area is 129 Å². The van der Waals surface area contributed by atoms with Gasteiger partial charge in [0.2, 0.25) is 0 Å². The molecule has 1 rings (SSSR count). The first-order chi connectivity index (χ1) is 10.3. The number of hydrogen-bond acceptors (Lipinski definition) is 3. The number of nitrogens with zero attached hydrogens (tertiary/aromatic N) is 1. The van der Waals surface area contributed by atoms with Crippen LogP contribution in [-0.2, 0) is 6.54 Å². The van der Waals surface area contributed by atoms with Crippen LogP contribution in [0.3, 0.4) is 0 Å². The van der Waals surface area contributed by atoms with E-state index in [-0.39, 0.29) is 0 Å². The highest BCUT2D eigenvalue weighted by Gasteiger charge is 2.01. The monoisotopic (exact) mass is 288 g/mol. The first-order valence-corrected chi connectivity index (χ1v) is 7.66. The molecule has 0 aromatic heterocycles. The molecular formula is C18H28N2O. The minimum absolute atomic E-state index is 0.676. The van der Waals surface area contributed by atoms with Gasteiger partial charge in [-0.3, -0.25) is 4.90 Å². The molecule has 3 nitrogen and oxygen atoms in total. The van der Waals surface area contributed by atoms with Gasteiger partial charge in [0, 0.05) is 26.2 Å². The molecule has 0 saturated carbocycles. The van der Waals surface area contributed by atoms with Crippen LogP contribution in [0.4, 0.5) is 0 Å². The van der Waals surface area contributed by atoms with Crippen LogP contribution in [0.5, 0.6) is 5.75 Å². The largest absolute Gasteiger partial charge is 0.492 e. The van der Waals surface area contributed by atoms with Crippen molar-refractivity contribution < 1.29 is 4.74 Å². The molecule has 0 aliphatic carbocycles. The summed E-state index contributed by atoms with van der Waals surface area (Å²) in [6.07, 6.45) is 4.97. The first-order valence-electron chi connectivity index (χ1n) is 7.66. The predicted octanol–water partition coefficient (Wildman–Crippen LogP) is 3.24. The average molecular weight is 288 g/mol. The normalized spacial score (nSPS) is 10.6. The molecule has 1 aromatic carbocycles. The van der Waals surface area contributed by atoms with Gasteiger partial charge in [-0.15, -0.1) is 13.2 Å². The van der Waals surface area contributed by atoms with Gasteiger partial charge in [-0.2, -0.15) is 0 Å². The number of nitrogens with one attached hydrogen (secondary N) is 1. The second kappa shape index (κ2) is 11.1. The van der Waals surface area contributed by atoms with Gasteiger partial charge in [-0.1, -0.05) is 31.2 Å². The van der Waals surface area contributed by atoms with Crippen LogP contribution in [0, 0.1) is 0 Å². The second-order valence-corrected chi connectivity index (χ2v) is 5.01. The van der Waals surface area contributed by atoms with Gasteiger partial charge in [0.15, 0.2) is 0 Å². The van der Waals surface area contributed by atoms with Crippen molar-refractivity contribution in [1.82, 2.24) is 10.2 Å². The lowest BCUT2D eigenvalue weighted by atomic mass is 10.2. The van der Waals surface area contributed by atoms with Crippen molar-refractivity contribution in [1.29, 1.82) is 0 Å². The van der Waals surface area contributed by atoms with Gasteiger partial charge in [0.05, 0.1) is 0 Å². The van der Waals surface area contributed by atoms with Crippen LogP contribution in [0.1, 0.15) is 18.9 Å². The van der Waals surface area contributed by atoms with Crippen LogP contribution in [0.25, 0.3) is 0 Å². The summed E-state index contributed by atoms with van der Waals surface area (Å²) in [6.45, 7) is 14.9. The van der Waals surface area contributed by atoms with Crippen LogP contribution in [0.15, 0.2) is 49.6 Å². The number of hydrogen-bond donors (Lipinski definition) is 1. The first kappa shape index (κ1) is 17.5. The van der Waals surface area contributed by atoms with Crippen molar-refractivity contribution >= 4 is 0 Å². The Morgan fingerprint density at radius 1 is 1.14 bits per heavy atom. The molecule has 0 unspecified atom stereocenters. The highest BCUT2D eigenvalue weighted by Crippen LogP contribution is 2.12. The molecule has 1 aromatic rings. The maximum Gasteiger partial charge on any atom is 0.119 e. The second-order valence-electron chi connectivity index (χ2n) is 5.01. The molecule has 3 heteroatoms. The topological polar surface area (TPSA) is 24.5 Å². The van der Waals surface area contributed by atoms with E-state index < -0.39 is 0 Å². The summed E-state index contributed by atoms with van der Waals surface area (Å²) in [6, 6.07) is 8.30. The summed E-state index contributed by atoms with van der Waals surface area (Å²) >= 11 is 0. The van der Waals surface area contributed by atoms with E-state index in [0.717, 1.165) is 44.9 Å². The summed E-state index contributed by atoms with van der Waals surface area (Å²) in [5.41, 5.74) is 1.29. The van der Waals surface area contributed by atoms with Crippen molar-refractivity contribution in [3.05, 3.63) is 55.1 Å². The van der Waals surface area contributed by atoms with Crippen molar-refractivity contribution in [2.45, 2.75) is 19.9 Å². The van der Waals surface area contributed by atoms with Crippen LogP contribution in [-0.4, -0.2) is 37.7 Å². The maximum absolute atomic E-state index is 5.78. The zero-order chi connectivity index (χ0) is 15.3. The number of benzene rings is 1. The summed E-state index contributed by atoms with van der Waals surface area (Å²) in [5.74, 6) is 0.923. The molecule has 0 atom stereocenters. The fourth-order valence-corrected chi connectivity index (χ4v) is 2.03. The molecule has 1 N–H and O–H groups in total. The summed E-state index contributed by atoms with van der Waals surface area (Å²) in [4.78, 5) is 2.24. The lowest BCUT2D eigenvalue weighted by Gasteiger charge is -2.18. The average Bonchev–Trinajstić information content (AvgIpc) is 2.49. The van der Waals surface area contributed by atoms with Crippen molar-refractivity contribution in [2.75, 3.05) is 32.8 Å². The molecule has 0 aliphatic rings. The van der Waals surface area contributed by atoms with Crippen molar-refractivity contribution in [2.24, 2.45) is 0 Å². The summed E-state index contributed by atoms with van der Waals surface area (Å²) < 4.78 is 5.78. The number of ether oxygens (including phenoxy) is 1. The minimum Gasteiger partial charge on any atom is -0.492 e. The highest BCUT2D eigenvalue weighted by atomic mass is 16.5. The summed E-state index contributed by atoms with van der Waals surface area (Å²) in [5, 5.41) is 3.39. The van der Waals surface area contributed by atoms with Gasteiger partial charge in [-0.25, -0.2) is 0 Å². The quantitative estimate of drug-likeness (QED) is 0.472. The van der Waals surface area contributed by atoms with E-state index >= 15 is 0 Å². The van der Waals surface area contributed by atoms with Crippen LogP contribution >= 0.6 is 0 Å². The van der Waals surface area contributed by atoms with E-state index in [1.165, 1.54) is 5.56 Å². The van der Waals surface area contributed by atoms with Crippen LogP contribution in [0.2, 0.25) is 0 Å². The molecular weight excluding hydrogens is 260 g/mol. The molecule has 0 amide bonds. The summed E-state index contributed by atoms with van der Waals surface area (Å²) in [7, 11) is 0. The third-order valence-electron chi connectivity index (χ3n) is 3.13. The fourth-order valence-electron chi connectivity index (χ4n) is 2.03. The third kappa shape index (κ3) is 7.69. The SMILES string of the molecule is C=CCN(CC=C)CCOc1ccc(CNCCC)cc1. The Balaban J connectivity index is 2.31. The zero-order valence-corrected chi connectivity index (χ0v) is 13.2. The van der Waals surface area contributed by atoms with Crippen molar-refractivity contribution in [3.63, 3.8) is 0 Å². The van der Waals surface area contributed by atoms with E-state index in [1.807, 2.05) is 24.3 Å². The Hall–Kier alpha value is -1.58. The fraction of sp³-hybridized carbons (Fsp3) is 0.444. The minimum atomic E-state index is 0.676. The Bertz CT molecular complexity index is 390. The van der Waals surface area contributed by atoms with Gasteiger partial charge >= 0.3 is 0 Å². The van der Waals surface area contributed by atoms with E-state index in [2.05, 4.69) is 42.4 Å². The molecule has 0 bridgehead atoms. The molecule has 116 valence electrons. The molecule has 0 radical (unpaired) electrons. The molecule has 0 spiro atoms. The Morgan fingerprint density at radius 3 is 2.38 bits per heavy atom. The Kier molecular flexibility index (Phi) is 9.25. The lowest BCUT2D eigenvalue weighted by Crippen LogP contribution is -2.28. The van der Waals surface area contributed by atoms with Gasteiger partial charge < -0.3 is 10.1 Å². The molecule has 21 heavy (non-hydrogen) atoms. The standard InChI is InChI=1S/C18H28N2O/c1-4-11-19-16-17-7-9-18(10-8-17)21-15-14-20(12-5-2)13-6-3/h5-10,19H,2-4,11-16H2,1H3. The predicted molar refractivity (Wildman–Crippen MR) is 90.8 cm³/mol. The molecule has 0 aliphatic heterocycles. The Morgan fingerprint density at radius 2 is 1.81 bits per heavy atom. The molecule has 0 fully saturated rings. The third-order valence-corrected chi connectivity index (χ3v) is 3.13. The number of rotatable bonds is 12. The van der Waals surface area contributed by atoms with E-state index in [1.54, 1.807) is 0 Å². The van der Waals surface area contributed by atoms with E-state index in [9.17, 15) is 0 Å². The van der Waals surface area contributed by atoms with Crippen molar-refractivity contribution in [3.8, 4) is 5.75 Å². The van der Waals surface area contributed by atoms with Gasteiger partial charge in [0.1, 0.15) is 12.4 Å². The maximum atomic E-state index is 5.78. The molecule has 0 saturated heterocycles. The van der Waals surface area contributed by atoms with E-state index in [0.29, 0.717) is 6.61 Å². The molecule has 0 heterocycles. The van der Waals surface area contributed by atoms with Crippen LogP contribution < -0.4 is 10.1 Å². The van der Waals surface area contributed by atoms with E-state index in [4.69, 9.17) is 4.74 Å². The van der Waals surface area contributed by atoms with Gasteiger partial charge in [-0.05, 0) is 30.7 Å². The zero-order valence-electron chi connectivity index (χ0n) is 13.2.